The van der Waals surface area contributed by atoms with E-state index in [0.717, 1.165) is 12.8 Å². The monoisotopic (exact) mass is 199 g/mol. The molecule has 1 rings (SSSR count). The molecule has 1 atom stereocenters. The molecule has 1 aromatic heterocycles. The van der Waals surface area contributed by atoms with Crippen LogP contribution >= 0.6 is 11.3 Å². The van der Waals surface area contributed by atoms with Crippen LogP contribution in [0.3, 0.4) is 0 Å². The number of rotatable bonds is 3. The van der Waals surface area contributed by atoms with E-state index in [2.05, 4.69) is 25.3 Å². The highest BCUT2D eigenvalue weighted by atomic mass is 32.1. The Bertz CT molecular complexity index is 218. The van der Waals surface area contributed by atoms with Crippen LogP contribution in [0, 0.1) is 6.92 Å². The Morgan fingerprint density at radius 1 is 1.46 bits per heavy atom. The van der Waals surface area contributed by atoms with Crippen LogP contribution in [0.5, 0.6) is 0 Å². The molecule has 0 saturated heterocycles. The molecule has 2 N–H and O–H groups in total. The third-order valence-electron chi connectivity index (χ3n) is 1.72. The van der Waals surface area contributed by atoms with Gasteiger partial charge in [0.25, 0.3) is 0 Å². The van der Waals surface area contributed by atoms with Crippen molar-refractivity contribution in [1.29, 1.82) is 0 Å². The van der Waals surface area contributed by atoms with Crippen LogP contribution in [0.4, 0.5) is 0 Å². The quantitative estimate of drug-likeness (QED) is 0.785. The summed E-state index contributed by atoms with van der Waals surface area (Å²) in [5, 5.41) is 2.16. The minimum Gasteiger partial charge on any atom is -0.323 e. The van der Waals surface area contributed by atoms with Gasteiger partial charge in [0.1, 0.15) is 0 Å². The summed E-state index contributed by atoms with van der Waals surface area (Å²) in [6.45, 7) is 8.28. The largest absolute Gasteiger partial charge is 0.323 e. The molecule has 1 heterocycles. The first-order valence-corrected chi connectivity index (χ1v) is 5.92. The van der Waals surface area contributed by atoms with Gasteiger partial charge in [-0.05, 0) is 30.4 Å². The van der Waals surface area contributed by atoms with Gasteiger partial charge in [0.2, 0.25) is 0 Å². The van der Waals surface area contributed by atoms with Gasteiger partial charge in [-0.25, -0.2) is 0 Å². The highest BCUT2D eigenvalue weighted by Crippen LogP contribution is 2.22. The summed E-state index contributed by atoms with van der Waals surface area (Å²) < 4.78 is 0. The number of hydrogen-bond donors (Lipinski definition) is 1. The molecular formula is C11H21NS. The van der Waals surface area contributed by atoms with E-state index in [9.17, 15) is 0 Å². The zero-order chi connectivity index (χ0) is 10.3. The average molecular weight is 199 g/mol. The van der Waals surface area contributed by atoms with Gasteiger partial charge in [-0.3, -0.25) is 0 Å². The Labute approximate surface area is 86.0 Å². The first kappa shape index (κ1) is 12.7. The van der Waals surface area contributed by atoms with Gasteiger partial charge in [0.05, 0.1) is 0 Å². The van der Waals surface area contributed by atoms with Crippen LogP contribution in [-0.2, 0) is 0 Å². The van der Waals surface area contributed by atoms with E-state index >= 15 is 0 Å². The molecule has 0 amide bonds. The second kappa shape index (κ2) is 7.10. The molecule has 0 aliphatic carbocycles. The summed E-state index contributed by atoms with van der Waals surface area (Å²) in [6.07, 6.45) is 2.26. The molecule has 1 aromatic rings. The van der Waals surface area contributed by atoms with E-state index in [0.29, 0.717) is 0 Å². The molecule has 0 aliphatic rings. The molecule has 2 heteroatoms. The Morgan fingerprint density at radius 3 is 2.46 bits per heavy atom. The number of hydrogen-bond acceptors (Lipinski definition) is 2. The Balaban J connectivity index is 0.000000671. The van der Waals surface area contributed by atoms with Crippen molar-refractivity contribution in [3.63, 3.8) is 0 Å². The smallest absolute Gasteiger partial charge is 0.0389 e. The minimum absolute atomic E-state index is 0.263. The molecule has 0 fully saturated rings. The summed E-state index contributed by atoms with van der Waals surface area (Å²) in [5.41, 5.74) is 7.26. The lowest BCUT2D eigenvalue weighted by Gasteiger charge is -2.05. The SMILES string of the molecule is CC.CCCC(N)c1cc(C)cs1. The fraction of sp³-hybridized carbons (Fsp3) is 0.636. The maximum Gasteiger partial charge on any atom is 0.0389 e. The summed E-state index contributed by atoms with van der Waals surface area (Å²) in [4.78, 5) is 1.32. The lowest BCUT2D eigenvalue weighted by Crippen LogP contribution is -2.07. The molecule has 0 bridgehead atoms. The van der Waals surface area contributed by atoms with E-state index in [1.54, 1.807) is 11.3 Å². The fourth-order valence-corrected chi connectivity index (χ4v) is 2.04. The van der Waals surface area contributed by atoms with E-state index in [-0.39, 0.29) is 6.04 Å². The molecule has 1 unspecified atom stereocenters. The lowest BCUT2D eigenvalue weighted by molar-refractivity contribution is 0.648. The minimum atomic E-state index is 0.263. The maximum atomic E-state index is 5.93. The predicted molar refractivity (Wildman–Crippen MR) is 62.2 cm³/mol. The van der Waals surface area contributed by atoms with Gasteiger partial charge in [-0.2, -0.15) is 0 Å². The van der Waals surface area contributed by atoms with E-state index < -0.39 is 0 Å². The van der Waals surface area contributed by atoms with Crippen molar-refractivity contribution < 1.29 is 0 Å². The van der Waals surface area contributed by atoms with Crippen LogP contribution in [-0.4, -0.2) is 0 Å². The molecule has 13 heavy (non-hydrogen) atoms. The van der Waals surface area contributed by atoms with Crippen LogP contribution in [0.25, 0.3) is 0 Å². The highest BCUT2D eigenvalue weighted by Gasteiger charge is 2.05. The number of aryl methyl sites for hydroxylation is 1. The fourth-order valence-electron chi connectivity index (χ4n) is 1.10. The predicted octanol–water partition coefficient (Wildman–Crippen LogP) is 3.88. The van der Waals surface area contributed by atoms with Gasteiger partial charge in [-0.15, -0.1) is 11.3 Å². The van der Waals surface area contributed by atoms with Gasteiger partial charge < -0.3 is 5.73 Å². The van der Waals surface area contributed by atoms with Crippen molar-refractivity contribution in [3.8, 4) is 0 Å². The van der Waals surface area contributed by atoms with Gasteiger partial charge in [0, 0.05) is 10.9 Å². The van der Waals surface area contributed by atoms with Crippen molar-refractivity contribution in [1.82, 2.24) is 0 Å². The third kappa shape index (κ3) is 4.44. The van der Waals surface area contributed by atoms with E-state index in [4.69, 9.17) is 5.73 Å². The Kier molecular flexibility index (Phi) is 6.92. The summed E-state index contributed by atoms with van der Waals surface area (Å²) in [6, 6.07) is 2.45. The summed E-state index contributed by atoms with van der Waals surface area (Å²) in [5.74, 6) is 0. The van der Waals surface area contributed by atoms with Gasteiger partial charge >= 0.3 is 0 Å². The normalized spacial score (nSPS) is 11.8. The van der Waals surface area contributed by atoms with Crippen molar-refractivity contribution in [2.24, 2.45) is 5.73 Å². The molecule has 0 spiro atoms. The number of nitrogens with two attached hydrogens (primary N) is 1. The summed E-state index contributed by atoms with van der Waals surface area (Å²) in [7, 11) is 0. The van der Waals surface area contributed by atoms with Crippen molar-refractivity contribution >= 4 is 11.3 Å². The van der Waals surface area contributed by atoms with Gasteiger partial charge in [0.15, 0.2) is 0 Å². The van der Waals surface area contributed by atoms with Crippen LogP contribution in [0.2, 0.25) is 0 Å². The maximum absolute atomic E-state index is 5.93. The molecule has 76 valence electrons. The van der Waals surface area contributed by atoms with Crippen molar-refractivity contribution in [2.75, 3.05) is 0 Å². The molecule has 1 nitrogen and oxygen atoms in total. The highest BCUT2D eigenvalue weighted by molar-refractivity contribution is 7.10. The lowest BCUT2D eigenvalue weighted by atomic mass is 10.1. The van der Waals surface area contributed by atoms with Crippen LogP contribution in [0.1, 0.15) is 50.1 Å². The second-order valence-electron chi connectivity index (χ2n) is 2.92. The standard InChI is InChI=1S/C9H15NS.C2H6/c1-3-4-8(10)9-5-7(2)6-11-9;1-2/h5-6,8H,3-4,10H2,1-2H3;1-2H3. The third-order valence-corrected chi connectivity index (χ3v) is 2.90. The van der Waals surface area contributed by atoms with Crippen molar-refractivity contribution in [3.05, 3.63) is 21.9 Å². The van der Waals surface area contributed by atoms with E-state index in [1.807, 2.05) is 13.8 Å². The Morgan fingerprint density at radius 2 is 2.08 bits per heavy atom. The second-order valence-corrected chi connectivity index (χ2v) is 3.86. The number of thiophene rings is 1. The average Bonchev–Trinajstić information content (AvgIpc) is 2.56. The Hall–Kier alpha value is -0.340. The first-order valence-electron chi connectivity index (χ1n) is 5.04. The summed E-state index contributed by atoms with van der Waals surface area (Å²) >= 11 is 1.77. The molecule has 0 aliphatic heterocycles. The molecular weight excluding hydrogens is 178 g/mol. The topological polar surface area (TPSA) is 26.0 Å². The first-order chi connectivity index (χ1) is 6.24. The molecule has 0 saturated carbocycles. The molecule has 0 radical (unpaired) electrons. The van der Waals surface area contributed by atoms with Crippen molar-refractivity contribution in [2.45, 2.75) is 46.6 Å². The van der Waals surface area contributed by atoms with Crippen LogP contribution in [0.15, 0.2) is 11.4 Å². The van der Waals surface area contributed by atoms with Crippen LogP contribution < -0.4 is 5.73 Å². The zero-order valence-electron chi connectivity index (χ0n) is 9.13. The zero-order valence-corrected chi connectivity index (χ0v) is 9.95. The molecule has 0 aromatic carbocycles. The van der Waals surface area contributed by atoms with E-state index in [1.165, 1.54) is 10.4 Å². The van der Waals surface area contributed by atoms with Gasteiger partial charge in [-0.1, -0.05) is 27.2 Å².